The number of aliphatic imine (C=N–C) groups is 2. The van der Waals surface area contributed by atoms with Crippen LogP contribution in [0.25, 0.3) is 0 Å². The van der Waals surface area contributed by atoms with Crippen LogP contribution in [0.1, 0.15) is 57.9 Å². The van der Waals surface area contributed by atoms with Gasteiger partial charge in [0.05, 0.1) is 18.7 Å². The second-order valence-corrected chi connectivity index (χ2v) is 13.5. The minimum absolute atomic E-state index is 0.00527. The van der Waals surface area contributed by atoms with E-state index in [2.05, 4.69) is 41.9 Å². The van der Waals surface area contributed by atoms with E-state index in [0.29, 0.717) is 5.56 Å². The third kappa shape index (κ3) is 21.0. The van der Waals surface area contributed by atoms with Crippen molar-refractivity contribution >= 4 is 59.2 Å². The first kappa shape index (κ1) is 50.5. The highest BCUT2D eigenvalue weighted by molar-refractivity contribution is 5.97. The number of aliphatic hydroxyl groups excluding tert-OH is 1. The van der Waals surface area contributed by atoms with Crippen molar-refractivity contribution in [3.05, 3.63) is 35.9 Å². The van der Waals surface area contributed by atoms with Crippen molar-refractivity contribution in [2.75, 3.05) is 19.6 Å². The van der Waals surface area contributed by atoms with Gasteiger partial charge in [0, 0.05) is 25.9 Å². The van der Waals surface area contributed by atoms with Crippen LogP contribution in [-0.4, -0.2) is 131 Å². The summed E-state index contributed by atoms with van der Waals surface area (Å²) in [7, 11) is 0. The van der Waals surface area contributed by atoms with Crippen molar-refractivity contribution in [3.63, 3.8) is 0 Å². The molecule has 0 fully saturated rings. The van der Waals surface area contributed by atoms with Crippen LogP contribution in [0, 0.1) is 0 Å². The van der Waals surface area contributed by atoms with E-state index in [9.17, 15) is 48.6 Å². The number of nitrogens with two attached hydrogens (primary N) is 6. The number of carboxylic acids is 1. The molecule has 328 valence electrons. The highest BCUT2D eigenvalue weighted by atomic mass is 16.4. The minimum atomic E-state index is -1.67. The van der Waals surface area contributed by atoms with Crippen molar-refractivity contribution < 1.29 is 48.6 Å². The van der Waals surface area contributed by atoms with E-state index >= 15 is 0 Å². The summed E-state index contributed by atoms with van der Waals surface area (Å²) < 4.78 is 0. The van der Waals surface area contributed by atoms with Crippen LogP contribution >= 0.6 is 0 Å². The highest BCUT2D eigenvalue weighted by Gasteiger charge is 2.34. The fourth-order valence-corrected chi connectivity index (χ4v) is 5.18. The normalized spacial score (nSPS) is 14.2. The molecule has 0 aliphatic carbocycles. The summed E-state index contributed by atoms with van der Waals surface area (Å²) in [6.07, 6.45) is -2.19. The Morgan fingerprint density at radius 3 is 1.66 bits per heavy atom. The Bertz CT molecular complexity index is 1650. The molecule has 24 nitrogen and oxygen atoms in total. The first-order valence-electron chi connectivity index (χ1n) is 18.6. The average Bonchev–Trinajstić information content (AvgIpc) is 3.15. The number of carbonyl (C=O) groups excluding carboxylic acids is 7. The monoisotopic (exact) mass is 834 g/mol. The SMILES string of the molecule is C[C@H](N)C(=O)N[C@@H](Cc1ccccc1)C(=O)N[C@H](C(=O)N[C@@H](CCCN=C(N)N)C(=O)N[C@@H](CCC(N)=O)C(=O)NCC(=O)N[C@@H](CCCN=C(N)N)C(=O)O)[C@@H](C)O. The number of benzene rings is 1. The molecule has 24 heteroatoms. The molecular formula is C35H58N14O10. The molecule has 0 aliphatic heterocycles. The maximum Gasteiger partial charge on any atom is 0.326 e. The summed E-state index contributed by atoms with van der Waals surface area (Å²) in [5.74, 6) is -8.01. The van der Waals surface area contributed by atoms with Gasteiger partial charge in [0.1, 0.15) is 30.2 Å². The average molecular weight is 835 g/mol. The number of hydrogen-bond donors (Lipinski definition) is 14. The Morgan fingerprint density at radius 1 is 0.644 bits per heavy atom. The van der Waals surface area contributed by atoms with Crippen LogP contribution in [0.5, 0.6) is 0 Å². The minimum Gasteiger partial charge on any atom is -0.480 e. The van der Waals surface area contributed by atoms with Crippen molar-refractivity contribution in [3.8, 4) is 0 Å². The fourth-order valence-electron chi connectivity index (χ4n) is 5.18. The summed E-state index contributed by atoms with van der Waals surface area (Å²) in [6, 6.07) is 0.418. The molecule has 1 rings (SSSR count). The summed E-state index contributed by atoms with van der Waals surface area (Å²) in [5, 5.41) is 34.4. The first-order chi connectivity index (χ1) is 27.7. The number of guanidine groups is 2. The molecular weight excluding hydrogens is 776 g/mol. The Kier molecular flexibility index (Phi) is 22.6. The van der Waals surface area contributed by atoms with E-state index in [4.69, 9.17) is 34.4 Å². The van der Waals surface area contributed by atoms with Crippen molar-refractivity contribution in [2.45, 2.75) is 101 Å². The summed E-state index contributed by atoms with van der Waals surface area (Å²) in [4.78, 5) is 110. The maximum atomic E-state index is 13.7. The lowest BCUT2D eigenvalue weighted by Crippen LogP contribution is -2.61. The second-order valence-electron chi connectivity index (χ2n) is 13.5. The largest absolute Gasteiger partial charge is 0.480 e. The molecule has 0 saturated carbocycles. The maximum absolute atomic E-state index is 13.7. The quantitative estimate of drug-likeness (QED) is 0.0223. The van der Waals surface area contributed by atoms with E-state index in [1.165, 1.54) is 13.8 Å². The lowest BCUT2D eigenvalue weighted by Gasteiger charge is -2.28. The summed E-state index contributed by atoms with van der Waals surface area (Å²) in [6.45, 7) is 1.99. The van der Waals surface area contributed by atoms with Crippen molar-refractivity contribution in [2.24, 2.45) is 44.4 Å². The number of rotatable bonds is 27. The molecule has 0 aliphatic rings. The Hall–Kier alpha value is -6.56. The van der Waals surface area contributed by atoms with E-state index in [0.717, 1.165) is 0 Å². The lowest BCUT2D eigenvalue weighted by atomic mass is 10.0. The highest BCUT2D eigenvalue weighted by Crippen LogP contribution is 2.08. The van der Waals surface area contributed by atoms with Crippen LogP contribution in [0.2, 0.25) is 0 Å². The number of carbonyl (C=O) groups is 8. The Balaban J connectivity index is 3.24. The van der Waals surface area contributed by atoms with Gasteiger partial charge in [-0.25, -0.2) is 4.79 Å². The van der Waals surface area contributed by atoms with Gasteiger partial charge in [0.15, 0.2) is 11.9 Å². The topological polar surface area (TPSA) is 430 Å². The Labute approximate surface area is 340 Å². The number of nitrogens with zero attached hydrogens (tertiary/aromatic N) is 2. The molecule has 59 heavy (non-hydrogen) atoms. The smallest absolute Gasteiger partial charge is 0.326 e. The van der Waals surface area contributed by atoms with E-state index < -0.39 is 103 Å². The molecule has 0 saturated heterocycles. The molecule has 0 heterocycles. The summed E-state index contributed by atoms with van der Waals surface area (Å²) in [5.41, 5.74) is 32.9. The van der Waals surface area contributed by atoms with Gasteiger partial charge < -0.3 is 76.5 Å². The van der Waals surface area contributed by atoms with Gasteiger partial charge in [0.2, 0.25) is 41.4 Å². The zero-order valence-electron chi connectivity index (χ0n) is 33.0. The number of primary amides is 1. The van der Waals surface area contributed by atoms with Crippen molar-refractivity contribution in [1.29, 1.82) is 0 Å². The standard InChI is InChI=1S/C35H58N14O10/c1-18(36)28(53)48-24(16-20-8-4-3-5-9-20)31(56)49-27(19(2)50)32(57)47-21(10-6-14-42-34(38)39)30(55)46-22(12-13-25(37)51)29(54)44-17-26(52)45-23(33(58)59)11-7-15-43-35(40)41/h3-5,8-9,18-19,21-24,27,50H,6-7,10-17,36H2,1-2H3,(H2,37,51)(H,44,54)(H,45,52)(H,46,55)(H,47,57)(H,48,53)(H,49,56)(H,58,59)(H4,38,39,42)(H4,40,41,43)/t18-,19+,21-,22-,23-,24-,27-/m0/s1. The van der Waals surface area contributed by atoms with Crippen LogP contribution in [-0.2, 0) is 44.8 Å². The van der Waals surface area contributed by atoms with Crippen LogP contribution < -0.4 is 66.3 Å². The molecule has 0 radical (unpaired) electrons. The van der Waals surface area contributed by atoms with Crippen LogP contribution in [0.15, 0.2) is 40.3 Å². The van der Waals surface area contributed by atoms with Gasteiger partial charge >= 0.3 is 5.97 Å². The molecule has 1 aromatic rings. The van der Waals surface area contributed by atoms with Crippen LogP contribution in [0.3, 0.4) is 0 Å². The molecule has 0 bridgehead atoms. The first-order valence-corrected chi connectivity index (χ1v) is 18.6. The molecule has 0 spiro atoms. The predicted octanol–water partition coefficient (Wildman–Crippen LogP) is -6.05. The molecule has 0 unspecified atom stereocenters. The summed E-state index contributed by atoms with van der Waals surface area (Å²) >= 11 is 0. The van der Waals surface area contributed by atoms with Gasteiger partial charge in [-0.3, -0.25) is 43.5 Å². The number of aliphatic hydroxyl groups is 1. The predicted molar refractivity (Wildman–Crippen MR) is 214 cm³/mol. The molecule has 20 N–H and O–H groups in total. The zero-order chi connectivity index (χ0) is 44.7. The number of nitrogens with one attached hydrogen (secondary N) is 6. The second kappa shape index (κ2) is 26.4. The van der Waals surface area contributed by atoms with E-state index in [-0.39, 0.29) is 63.5 Å². The van der Waals surface area contributed by atoms with E-state index in [1.807, 2.05) is 0 Å². The van der Waals surface area contributed by atoms with Gasteiger partial charge in [-0.05, 0) is 51.5 Å². The van der Waals surface area contributed by atoms with Crippen LogP contribution in [0.4, 0.5) is 0 Å². The number of hydrogen-bond acceptors (Lipinski definition) is 12. The zero-order valence-corrected chi connectivity index (χ0v) is 33.0. The fraction of sp³-hybridized carbons (Fsp3) is 0.543. The van der Waals surface area contributed by atoms with E-state index in [1.54, 1.807) is 30.3 Å². The number of carboxylic acid groups (broad SMARTS) is 1. The third-order valence-electron chi connectivity index (χ3n) is 8.28. The van der Waals surface area contributed by atoms with Crippen molar-refractivity contribution in [1.82, 2.24) is 31.9 Å². The molecule has 1 aromatic carbocycles. The molecule has 7 atom stereocenters. The molecule has 0 aromatic heterocycles. The lowest BCUT2D eigenvalue weighted by molar-refractivity contribution is -0.142. The Morgan fingerprint density at radius 2 is 1.15 bits per heavy atom. The molecule has 7 amide bonds. The van der Waals surface area contributed by atoms with Gasteiger partial charge in [-0.15, -0.1) is 0 Å². The van der Waals surface area contributed by atoms with Gasteiger partial charge in [-0.1, -0.05) is 30.3 Å². The van der Waals surface area contributed by atoms with Gasteiger partial charge in [-0.2, -0.15) is 0 Å². The number of aliphatic carboxylic acids is 1. The number of amides is 7. The third-order valence-corrected chi connectivity index (χ3v) is 8.28. The van der Waals surface area contributed by atoms with Gasteiger partial charge in [0.25, 0.3) is 0 Å².